The minimum Gasteiger partial charge on any atom is -0.457 e. The van der Waals surface area contributed by atoms with E-state index in [4.69, 9.17) is 17.3 Å². The lowest BCUT2D eigenvalue weighted by Gasteiger charge is -2.45. The molecule has 6 rings (SSSR count). The molecule has 2 heterocycles. The van der Waals surface area contributed by atoms with Crippen molar-refractivity contribution in [1.82, 2.24) is 0 Å². The van der Waals surface area contributed by atoms with Gasteiger partial charge in [-0.2, -0.15) is 0 Å². The van der Waals surface area contributed by atoms with Gasteiger partial charge in [0.2, 0.25) is 0 Å². The van der Waals surface area contributed by atoms with Gasteiger partial charge in [0.15, 0.2) is 0 Å². The van der Waals surface area contributed by atoms with Gasteiger partial charge in [-0.15, -0.1) is 0 Å². The Hall–Kier alpha value is -2.98. The van der Waals surface area contributed by atoms with E-state index in [2.05, 4.69) is 52.3 Å². The summed E-state index contributed by atoms with van der Waals surface area (Å²) in [7, 11) is 6.41. The zero-order valence-electron chi connectivity index (χ0n) is 15.4. The molecule has 0 fully saturated rings. The minimum absolute atomic E-state index is 0.590. The van der Waals surface area contributed by atoms with Crippen LogP contribution in [0, 0.1) is 0 Å². The summed E-state index contributed by atoms with van der Waals surface area (Å²) < 4.78 is 13.6. The lowest BCUT2D eigenvalue weighted by molar-refractivity contribution is 0.399. The third-order valence-corrected chi connectivity index (χ3v) is 6.45. The van der Waals surface area contributed by atoms with Crippen molar-refractivity contribution in [1.29, 1.82) is 0 Å². The van der Waals surface area contributed by atoms with E-state index in [0.717, 1.165) is 44.0 Å². The van der Waals surface area contributed by atoms with E-state index in [1.807, 2.05) is 48.5 Å². The number of ether oxygens (including phenoxy) is 2. The maximum atomic E-state index is 6.41. The summed E-state index contributed by atoms with van der Waals surface area (Å²) in [6.45, 7) is 0. The smallest absolute Gasteiger partial charge is 0.146 e. The first-order valence-corrected chi connectivity index (χ1v) is 10.2. The summed E-state index contributed by atoms with van der Waals surface area (Å²) in [6.07, 6.45) is 0. The van der Waals surface area contributed by atoms with Crippen LogP contribution < -0.4 is 14.9 Å². The van der Waals surface area contributed by atoms with Crippen LogP contribution in [0.2, 0.25) is 0 Å². The van der Waals surface area contributed by atoms with Crippen molar-refractivity contribution in [3.8, 4) is 23.0 Å². The molecule has 136 valence electrons. The zero-order valence-corrected chi connectivity index (χ0v) is 16.9. The molecule has 0 unspecified atom stereocenters. The van der Waals surface area contributed by atoms with Crippen LogP contribution in [-0.4, -0.2) is 7.85 Å². The highest BCUT2D eigenvalue weighted by Crippen LogP contribution is 2.61. The van der Waals surface area contributed by atoms with E-state index >= 15 is 0 Å². The number of fused-ring (bicyclic) bond motifs is 8. The molecule has 2 radical (unpaired) electrons. The van der Waals surface area contributed by atoms with Gasteiger partial charge < -0.3 is 9.47 Å². The Morgan fingerprint density at radius 3 is 1.83 bits per heavy atom. The Kier molecular flexibility index (Phi) is 3.51. The Morgan fingerprint density at radius 2 is 1.14 bits per heavy atom. The van der Waals surface area contributed by atoms with Crippen LogP contribution in [-0.2, 0) is 5.41 Å². The van der Waals surface area contributed by atoms with Crippen LogP contribution in [0.1, 0.15) is 22.3 Å². The van der Waals surface area contributed by atoms with Gasteiger partial charge in [-0.25, -0.2) is 0 Å². The first-order chi connectivity index (χ1) is 14.2. The third-order valence-electron chi connectivity index (χ3n) is 5.83. The molecule has 0 atom stereocenters. The van der Waals surface area contributed by atoms with E-state index in [1.165, 1.54) is 0 Å². The lowest BCUT2D eigenvalue weighted by atomic mass is 9.61. The summed E-state index contributed by atoms with van der Waals surface area (Å²) in [5, 5.41) is 0. The molecule has 29 heavy (non-hydrogen) atoms. The second-order valence-electron chi connectivity index (χ2n) is 7.29. The van der Waals surface area contributed by atoms with Crippen molar-refractivity contribution in [2.45, 2.75) is 5.41 Å². The second-order valence-corrected chi connectivity index (χ2v) is 8.14. The van der Waals surface area contributed by atoms with Gasteiger partial charge in [0, 0.05) is 22.3 Å². The summed E-state index contributed by atoms with van der Waals surface area (Å²) in [4.78, 5) is 0. The van der Waals surface area contributed by atoms with E-state index in [1.54, 1.807) is 0 Å². The fraction of sp³-hybridized carbons (Fsp3) is 0.0400. The highest BCUT2D eigenvalue weighted by Gasteiger charge is 2.50. The molecule has 0 aromatic heterocycles. The van der Waals surface area contributed by atoms with E-state index in [-0.39, 0.29) is 0 Å². The maximum absolute atomic E-state index is 6.41. The Morgan fingerprint density at radius 1 is 0.586 bits per heavy atom. The van der Waals surface area contributed by atoms with Gasteiger partial charge in [0.05, 0.1) is 9.89 Å². The fourth-order valence-electron chi connectivity index (χ4n) is 4.69. The van der Waals surface area contributed by atoms with Crippen molar-refractivity contribution < 1.29 is 9.47 Å². The van der Waals surface area contributed by atoms with Crippen molar-refractivity contribution in [2.75, 3.05) is 0 Å². The summed E-state index contributed by atoms with van der Waals surface area (Å²) >= 11 is 3.69. The highest BCUT2D eigenvalue weighted by atomic mass is 79.9. The molecule has 4 heteroatoms. The molecule has 0 aliphatic carbocycles. The monoisotopic (exact) mass is 436 g/mol. The summed E-state index contributed by atoms with van der Waals surface area (Å²) in [5.41, 5.74) is 4.26. The van der Waals surface area contributed by atoms with Gasteiger partial charge in [-0.3, -0.25) is 0 Å². The Labute approximate surface area is 178 Å². The topological polar surface area (TPSA) is 18.5 Å². The number of benzene rings is 4. The molecule has 0 saturated heterocycles. The van der Waals surface area contributed by atoms with Gasteiger partial charge in [0.25, 0.3) is 0 Å². The van der Waals surface area contributed by atoms with Gasteiger partial charge in [0.1, 0.15) is 30.8 Å². The first kappa shape index (κ1) is 16.9. The SMILES string of the molecule is [B]c1cccc2c1Oc1c(Br)cccc1C21c2ccccc2Oc2ccccc21. The molecule has 4 aromatic carbocycles. The van der Waals surface area contributed by atoms with Crippen LogP contribution in [0.25, 0.3) is 0 Å². The lowest BCUT2D eigenvalue weighted by Crippen LogP contribution is -2.38. The molecule has 0 bridgehead atoms. The van der Waals surface area contributed by atoms with Crippen molar-refractivity contribution in [3.05, 3.63) is 112 Å². The molecule has 1 spiro atoms. The zero-order chi connectivity index (χ0) is 19.6. The molecule has 2 aliphatic heterocycles. The van der Waals surface area contributed by atoms with Crippen LogP contribution in [0.4, 0.5) is 0 Å². The summed E-state index contributed by atoms with van der Waals surface area (Å²) in [5.74, 6) is 3.16. The Balaban J connectivity index is 1.87. The summed E-state index contributed by atoms with van der Waals surface area (Å²) in [6, 6.07) is 28.6. The third kappa shape index (κ3) is 2.12. The standard InChI is InChI=1S/C25H14BBrO2/c26-19-11-5-9-17-23(19)29-24-18(10-6-12-20(24)27)25(17)15-7-1-3-13-21(15)28-22-14-4-2-8-16(22)25/h1-14H. The van der Waals surface area contributed by atoms with Gasteiger partial charge in [-0.05, 0) is 34.1 Å². The number of hydrogen-bond acceptors (Lipinski definition) is 2. The number of rotatable bonds is 0. The second kappa shape index (κ2) is 6.01. The molecular weight excluding hydrogens is 423 g/mol. The predicted molar refractivity (Wildman–Crippen MR) is 118 cm³/mol. The van der Waals surface area contributed by atoms with Crippen molar-refractivity contribution in [3.63, 3.8) is 0 Å². The van der Waals surface area contributed by atoms with Crippen LogP contribution in [0.5, 0.6) is 23.0 Å². The minimum atomic E-state index is -0.590. The number of halogens is 1. The van der Waals surface area contributed by atoms with E-state index in [0.29, 0.717) is 11.2 Å². The normalized spacial score (nSPS) is 14.7. The van der Waals surface area contributed by atoms with E-state index in [9.17, 15) is 0 Å². The number of hydrogen-bond donors (Lipinski definition) is 0. The van der Waals surface area contributed by atoms with Crippen LogP contribution in [0.3, 0.4) is 0 Å². The molecule has 0 amide bonds. The fourth-order valence-corrected chi connectivity index (χ4v) is 5.14. The van der Waals surface area contributed by atoms with Crippen LogP contribution in [0.15, 0.2) is 89.4 Å². The molecule has 0 saturated carbocycles. The van der Waals surface area contributed by atoms with Gasteiger partial charge >= 0.3 is 0 Å². The highest BCUT2D eigenvalue weighted by molar-refractivity contribution is 9.10. The average molecular weight is 437 g/mol. The molecule has 4 aromatic rings. The van der Waals surface area contributed by atoms with Crippen LogP contribution >= 0.6 is 15.9 Å². The Bertz CT molecular complexity index is 1200. The number of para-hydroxylation sites is 4. The maximum Gasteiger partial charge on any atom is 0.146 e. The molecule has 0 N–H and O–H groups in total. The average Bonchev–Trinajstić information content (AvgIpc) is 2.75. The van der Waals surface area contributed by atoms with Crippen molar-refractivity contribution in [2.24, 2.45) is 0 Å². The largest absolute Gasteiger partial charge is 0.457 e. The quantitative estimate of drug-likeness (QED) is 0.278. The first-order valence-electron chi connectivity index (χ1n) is 9.44. The molecule has 2 nitrogen and oxygen atoms in total. The predicted octanol–water partition coefficient (Wildman–Crippen LogP) is 5.84. The van der Waals surface area contributed by atoms with Crippen molar-refractivity contribution >= 4 is 29.2 Å². The molecule has 2 aliphatic rings. The molecular formula is C25H14BBrO2. The van der Waals surface area contributed by atoms with E-state index < -0.39 is 5.41 Å². The van der Waals surface area contributed by atoms with Gasteiger partial charge in [-0.1, -0.05) is 72.2 Å².